The molecule has 2 rings (SSSR count). The van der Waals surface area contributed by atoms with Gasteiger partial charge in [0.25, 0.3) is 5.92 Å². The average molecular weight is 290 g/mol. The van der Waals surface area contributed by atoms with E-state index in [-0.39, 0.29) is 37.3 Å². The first kappa shape index (κ1) is 14.3. The summed E-state index contributed by atoms with van der Waals surface area (Å²) in [5, 5.41) is 20.0. The summed E-state index contributed by atoms with van der Waals surface area (Å²) in [5.74, 6) is -3.99. The van der Waals surface area contributed by atoms with Crippen molar-refractivity contribution in [2.45, 2.75) is 18.8 Å². The summed E-state index contributed by atoms with van der Waals surface area (Å²) in [7, 11) is 0. The molecular formula is C12H13F3N2O3. The Bertz CT molecular complexity index is 527. The Hall–Kier alpha value is -2.12. The minimum atomic E-state index is -2.75. The van der Waals surface area contributed by atoms with Crippen LogP contribution in [0.25, 0.3) is 0 Å². The zero-order valence-electron chi connectivity index (χ0n) is 10.4. The molecule has 1 aromatic rings. The number of hydrogen-bond acceptors (Lipinski definition) is 3. The van der Waals surface area contributed by atoms with Gasteiger partial charge in [-0.05, 0) is 0 Å². The van der Waals surface area contributed by atoms with E-state index in [2.05, 4.69) is 0 Å². The second-order valence-electron chi connectivity index (χ2n) is 4.59. The zero-order valence-corrected chi connectivity index (χ0v) is 10.4. The summed E-state index contributed by atoms with van der Waals surface area (Å²) in [6.45, 7) is -0.0653. The number of phenolic OH excluding ortho intramolecular Hbond substituents is 1. The summed E-state index contributed by atoms with van der Waals surface area (Å²) in [5.41, 5.74) is -0.310. The van der Waals surface area contributed by atoms with Gasteiger partial charge in [0.05, 0.1) is 11.4 Å². The highest BCUT2D eigenvalue weighted by Gasteiger charge is 2.34. The molecule has 1 amide bonds. The lowest BCUT2D eigenvalue weighted by Gasteiger charge is -2.33. The third kappa shape index (κ3) is 3.06. The number of nitrogens with zero attached hydrogens (tertiary/aromatic N) is 1. The first-order valence-corrected chi connectivity index (χ1v) is 5.94. The maximum Gasteiger partial charge on any atom is 0.409 e. The van der Waals surface area contributed by atoms with Crippen molar-refractivity contribution in [3.63, 3.8) is 0 Å². The summed E-state index contributed by atoms with van der Waals surface area (Å²) < 4.78 is 40.0. The lowest BCUT2D eigenvalue weighted by Crippen LogP contribution is -2.39. The molecule has 1 heterocycles. The Morgan fingerprint density at radius 1 is 1.30 bits per heavy atom. The Morgan fingerprint density at radius 3 is 2.45 bits per heavy atom. The number of benzene rings is 1. The fraction of sp³-hybridized carbons (Fsp3) is 0.417. The van der Waals surface area contributed by atoms with Crippen molar-refractivity contribution in [3.8, 4) is 5.75 Å². The molecule has 1 fully saturated rings. The summed E-state index contributed by atoms with van der Waals surface area (Å²) in [6, 6.07) is 1.86. The number of phenols is 1. The first-order chi connectivity index (χ1) is 9.28. The van der Waals surface area contributed by atoms with Gasteiger partial charge >= 0.3 is 6.09 Å². The Morgan fingerprint density at radius 2 is 1.90 bits per heavy atom. The number of alkyl halides is 2. The number of aromatic hydroxyl groups is 1. The van der Waals surface area contributed by atoms with Gasteiger partial charge in [-0.2, -0.15) is 0 Å². The number of hydrogen-bond donors (Lipinski definition) is 3. The molecule has 1 aliphatic heterocycles. The Kier molecular flexibility index (Phi) is 3.65. The smallest absolute Gasteiger partial charge is 0.409 e. The number of rotatable bonds is 2. The van der Waals surface area contributed by atoms with Crippen LogP contribution in [0.4, 0.5) is 29.3 Å². The quantitative estimate of drug-likeness (QED) is 0.732. The van der Waals surface area contributed by atoms with Gasteiger partial charge in [-0.3, -0.25) is 5.32 Å². The van der Waals surface area contributed by atoms with Crippen LogP contribution in [-0.2, 0) is 0 Å². The molecular weight excluding hydrogens is 277 g/mol. The summed E-state index contributed by atoms with van der Waals surface area (Å²) in [6.07, 6.45) is -2.21. The molecule has 0 atom stereocenters. The van der Waals surface area contributed by atoms with Crippen molar-refractivity contribution in [3.05, 3.63) is 17.9 Å². The molecule has 5 nitrogen and oxygen atoms in total. The van der Waals surface area contributed by atoms with E-state index in [1.54, 1.807) is 0 Å². The number of anilines is 2. The molecule has 110 valence electrons. The van der Waals surface area contributed by atoms with E-state index in [1.165, 1.54) is 4.90 Å². The molecule has 0 aliphatic carbocycles. The van der Waals surface area contributed by atoms with Gasteiger partial charge < -0.3 is 15.1 Å². The molecule has 0 radical (unpaired) electrons. The molecule has 0 aromatic heterocycles. The predicted molar refractivity (Wildman–Crippen MR) is 66.1 cm³/mol. The molecule has 0 saturated carbocycles. The van der Waals surface area contributed by atoms with Gasteiger partial charge in [0.15, 0.2) is 0 Å². The fourth-order valence-corrected chi connectivity index (χ4v) is 2.08. The number of carboxylic acid groups (broad SMARTS) is 1. The van der Waals surface area contributed by atoms with Crippen molar-refractivity contribution in [2.24, 2.45) is 0 Å². The van der Waals surface area contributed by atoms with E-state index in [0.29, 0.717) is 0 Å². The highest BCUT2D eigenvalue weighted by Crippen LogP contribution is 2.35. The van der Waals surface area contributed by atoms with Crippen LogP contribution in [0.2, 0.25) is 0 Å². The minimum Gasteiger partial charge on any atom is -0.506 e. The van der Waals surface area contributed by atoms with Crippen LogP contribution >= 0.6 is 0 Å². The van der Waals surface area contributed by atoms with Gasteiger partial charge in [0.1, 0.15) is 11.6 Å². The number of amides is 1. The van der Waals surface area contributed by atoms with Gasteiger partial charge in [-0.1, -0.05) is 0 Å². The topological polar surface area (TPSA) is 72.8 Å². The zero-order chi connectivity index (χ0) is 14.9. The number of piperidine rings is 1. The first-order valence-electron chi connectivity index (χ1n) is 5.94. The standard InChI is InChI=1S/C12H13F3N2O3/c13-7-5-8(16-11(19)20)10(18)6-9(7)17-3-1-12(14,15)2-4-17/h5-6,16,18H,1-4H2,(H,19,20). The second-order valence-corrected chi connectivity index (χ2v) is 4.59. The molecule has 1 saturated heterocycles. The van der Waals surface area contributed by atoms with Crippen LogP contribution in [0.3, 0.4) is 0 Å². The van der Waals surface area contributed by atoms with Crippen molar-refractivity contribution < 1.29 is 28.2 Å². The summed E-state index contributed by atoms with van der Waals surface area (Å²) in [4.78, 5) is 11.9. The predicted octanol–water partition coefficient (Wildman–Crippen LogP) is 2.86. The Balaban J connectivity index is 2.21. The van der Waals surface area contributed by atoms with E-state index in [9.17, 15) is 23.1 Å². The number of halogens is 3. The minimum absolute atomic E-state index is 0.0195. The normalized spacial score (nSPS) is 17.9. The van der Waals surface area contributed by atoms with E-state index >= 15 is 0 Å². The number of carbonyl (C=O) groups is 1. The van der Waals surface area contributed by atoms with Crippen molar-refractivity contribution in [1.29, 1.82) is 0 Å². The van der Waals surface area contributed by atoms with Gasteiger partial charge in [-0.25, -0.2) is 18.0 Å². The molecule has 0 unspecified atom stereocenters. The third-order valence-corrected chi connectivity index (χ3v) is 3.14. The molecule has 0 spiro atoms. The van der Waals surface area contributed by atoms with Gasteiger partial charge in [0, 0.05) is 38.1 Å². The highest BCUT2D eigenvalue weighted by atomic mass is 19.3. The van der Waals surface area contributed by atoms with Crippen LogP contribution in [0.1, 0.15) is 12.8 Å². The van der Waals surface area contributed by atoms with Crippen LogP contribution in [0.15, 0.2) is 12.1 Å². The van der Waals surface area contributed by atoms with Crippen LogP contribution in [-0.4, -0.2) is 35.3 Å². The van der Waals surface area contributed by atoms with Crippen LogP contribution in [0, 0.1) is 5.82 Å². The third-order valence-electron chi connectivity index (χ3n) is 3.14. The van der Waals surface area contributed by atoms with E-state index in [0.717, 1.165) is 12.1 Å². The lowest BCUT2D eigenvalue weighted by molar-refractivity contribution is -0.0221. The maximum atomic E-state index is 13.9. The molecule has 0 bridgehead atoms. The largest absolute Gasteiger partial charge is 0.506 e. The summed E-state index contributed by atoms with van der Waals surface area (Å²) >= 11 is 0. The molecule has 1 aliphatic rings. The SMILES string of the molecule is O=C(O)Nc1cc(F)c(N2CCC(F)(F)CC2)cc1O. The number of nitrogens with one attached hydrogen (secondary N) is 1. The second kappa shape index (κ2) is 5.10. The van der Waals surface area contributed by atoms with Crippen molar-refractivity contribution >= 4 is 17.5 Å². The highest BCUT2D eigenvalue weighted by molar-refractivity contribution is 5.85. The molecule has 20 heavy (non-hydrogen) atoms. The Labute approximate surface area is 112 Å². The van der Waals surface area contributed by atoms with E-state index < -0.39 is 23.6 Å². The van der Waals surface area contributed by atoms with Gasteiger partial charge in [-0.15, -0.1) is 0 Å². The molecule has 1 aromatic carbocycles. The van der Waals surface area contributed by atoms with Gasteiger partial charge in [0.2, 0.25) is 0 Å². The van der Waals surface area contributed by atoms with Crippen molar-refractivity contribution in [1.82, 2.24) is 0 Å². The van der Waals surface area contributed by atoms with E-state index in [4.69, 9.17) is 5.11 Å². The fourth-order valence-electron chi connectivity index (χ4n) is 2.08. The van der Waals surface area contributed by atoms with E-state index in [1.807, 2.05) is 5.32 Å². The van der Waals surface area contributed by atoms with Crippen molar-refractivity contribution in [2.75, 3.05) is 23.3 Å². The van der Waals surface area contributed by atoms with Crippen LogP contribution in [0.5, 0.6) is 5.75 Å². The maximum absolute atomic E-state index is 13.9. The van der Waals surface area contributed by atoms with Crippen LogP contribution < -0.4 is 10.2 Å². The monoisotopic (exact) mass is 290 g/mol. The lowest BCUT2D eigenvalue weighted by atomic mass is 10.1. The molecule has 8 heteroatoms. The molecule has 3 N–H and O–H groups in total. The average Bonchev–Trinajstić information content (AvgIpc) is 2.33.